The normalized spacial score (nSPS) is 22.2. The van der Waals surface area contributed by atoms with Gasteiger partial charge < -0.3 is 15.4 Å². The van der Waals surface area contributed by atoms with Crippen molar-refractivity contribution >= 4 is 11.6 Å². The summed E-state index contributed by atoms with van der Waals surface area (Å²) < 4.78 is 5.69. The molecule has 4 nitrogen and oxygen atoms in total. The van der Waals surface area contributed by atoms with E-state index in [1.165, 1.54) is 12.8 Å². The number of carbonyl (C=O) groups is 1. The molecule has 1 amide bonds. The van der Waals surface area contributed by atoms with E-state index in [1.807, 2.05) is 18.2 Å². The number of benzene rings is 1. The molecular formula is C13H16N2O2. The van der Waals surface area contributed by atoms with E-state index in [4.69, 9.17) is 4.74 Å². The molecule has 2 N–H and O–H groups in total. The first-order valence-electron chi connectivity index (χ1n) is 6.03. The molecule has 0 saturated heterocycles. The van der Waals surface area contributed by atoms with E-state index in [9.17, 15) is 4.79 Å². The summed E-state index contributed by atoms with van der Waals surface area (Å²) in [5, 5.41) is 5.86. The fourth-order valence-corrected chi connectivity index (χ4v) is 2.12. The molecule has 1 aromatic rings. The molecule has 4 heteroatoms. The maximum Gasteiger partial charge on any atom is 0.246 e. The number of rotatable bonds is 4. The van der Waals surface area contributed by atoms with Crippen molar-refractivity contribution in [3.63, 3.8) is 0 Å². The number of amides is 1. The number of anilines is 1. The molecule has 1 heterocycles. The van der Waals surface area contributed by atoms with E-state index >= 15 is 0 Å². The van der Waals surface area contributed by atoms with Crippen molar-refractivity contribution in [1.82, 2.24) is 5.32 Å². The van der Waals surface area contributed by atoms with Crippen LogP contribution in [0.4, 0.5) is 5.69 Å². The molecule has 1 aliphatic carbocycles. The van der Waals surface area contributed by atoms with E-state index in [2.05, 4.69) is 10.6 Å². The Morgan fingerprint density at radius 3 is 3.00 bits per heavy atom. The summed E-state index contributed by atoms with van der Waals surface area (Å²) >= 11 is 0. The third-order valence-electron chi connectivity index (χ3n) is 3.33. The Hall–Kier alpha value is -1.55. The molecule has 0 spiro atoms. The predicted molar refractivity (Wildman–Crippen MR) is 65.1 cm³/mol. The van der Waals surface area contributed by atoms with E-state index in [1.54, 1.807) is 7.05 Å². The van der Waals surface area contributed by atoms with E-state index < -0.39 is 0 Å². The van der Waals surface area contributed by atoms with Gasteiger partial charge in [0.1, 0.15) is 11.8 Å². The molecule has 1 aromatic carbocycles. The van der Waals surface area contributed by atoms with Crippen molar-refractivity contribution in [2.75, 3.05) is 19.0 Å². The third kappa shape index (κ3) is 2.00. The van der Waals surface area contributed by atoms with Crippen LogP contribution in [0.3, 0.4) is 0 Å². The van der Waals surface area contributed by atoms with Crippen molar-refractivity contribution in [2.24, 2.45) is 5.92 Å². The van der Waals surface area contributed by atoms with Crippen LogP contribution in [-0.4, -0.2) is 19.6 Å². The molecule has 1 saturated carbocycles. The molecule has 0 radical (unpaired) electrons. The van der Waals surface area contributed by atoms with E-state index in [0.717, 1.165) is 29.5 Å². The van der Waals surface area contributed by atoms with Gasteiger partial charge in [-0.1, -0.05) is 6.07 Å². The van der Waals surface area contributed by atoms with Crippen LogP contribution >= 0.6 is 0 Å². The summed E-state index contributed by atoms with van der Waals surface area (Å²) in [6.07, 6.45) is 2.56. The smallest absolute Gasteiger partial charge is 0.246 e. The summed E-state index contributed by atoms with van der Waals surface area (Å²) in [5.41, 5.74) is 1.86. The van der Waals surface area contributed by atoms with Gasteiger partial charge in [0.15, 0.2) is 0 Å². The third-order valence-corrected chi connectivity index (χ3v) is 3.33. The van der Waals surface area contributed by atoms with Crippen LogP contribution in [0.1, 0.15) is 24.4 Å². The van der Waals surface area contributed by atoms with E-state index in [0.29, 0.717) is 0 Å². The van der Waals surface area contributed by atoms with Gasteiger partial charge in [-0.05, 0) is 31.9 Å². The maximum absolute atomic E-state index is 11.6. The summed E-state index contributed by atoms with van der Waals surface area (Å²) in [4.78, 5) is 11.6. The zero-order valence-corrected chi connectivity index (χ0v) is 9.82. The minimum atomic E-state index is -0.234. The minimum Gasteiger partial charge on any atom is -0.493 e. The van der Waals surface area contributed by atoms with Crippen molar-refractivity contribution in [1.29, 1.82) is 0 Å². The van der Waals surface area contributed by atoms with Gasteiger partial charge >= 0.3 is 0 Å². The topological polar surface area (TPSA) is 50.4 Å². The first kappa shape index (κ1) is 10.6. The van der Waals surface area contributed by atoms with Crippen molar-refractivity contribution < 1.29 is 9.53 Å². The van der Waals surface area contributed by atoms with Crippen LogP contribution < -0.4 is 15.4 Å². The number of hydrogen-bond acceptors (Lipinski definition) is 3. The summed E-state index contributed by atoms with van der Waals surface area (Å²) in [5.74, 6) is 1.58. The van der Waals surface area contributed by atoms with Crippen molar-refractivity contribution in [2.45, 2.75) is 18.9 Å². The molecule has 1 fully saturated rings. The van der Waals surface area contributed by atoms with Crippen molar-refractivity contribution in [3.8, 4) is 5.75 Å². The second kappa shape index (κ2) is 4.04. The highest BCUT2D eigenvalue weighted by atomic mass is 16.5. The fourth-order valence-electron chi connectivity index (χ4n) is 2.12. The highest BCUT2D eigenvalue weighted by Gasteiger charge is 2.29. The number of nitrogens with one attached hydrogen (secondary N) is 2. The zero-order valence-electron chi connectivity index (χ0n) is 9.82. The molecule has 2 aliphatic rings. The zero-order chi connectivity index (χ0) is 11.8. The van der Waals surface area contributed by atoms with Crippen LogP contribution in [0.2, 0.25) is 0 Å². The lowest BCUT2D eigenvalue weighted by molar-refractivity contribution is -0.117. The predicted octanol–water partition coefficient (Wildman–Crippen LogP) is 1.69. The maximum atomic E-state index is 11.6. The molecule has 1 aliphatic heterocycles. The summed E-state index contributed by atoms with van der Waals surface area (Å²) in [6.45, 7) is 0.794. The SMILES string of the molecule is CNC1C(=O)Nc2cc(OCC3CC3)ccc21. The standard InChI is InChI=1S/C13H16N2O2/c1-14-12-10-5-4-9(17-7-8-2-3-8)6-11(10)15-13(12)16/h4-6,8,12,14H,2-3,7H2,1H3,(H,15,16). The quantitative estimate of drug-likeness (QED) is 0.830. The number of likely N-dealkylation sites (N-methyl/N-ethyl adjacent to an activating group) is 1. The largest absolute Gasteiger partial charge is 0.493 e. The number of ether oxygens (including phenoxy) is 1. The van der Waals surface area contributed by atoms with Gasteiger partial charge in [-0.2, -0.15) is 0 Å². The molecule has 0 bridgehead atoms. The Morgan fingerprint density at radius 2 is 2.29 bits per heavy atom. The lowest BCUT2D eigenvalue weighted by atomic mass is 10.1. The number of hydrogen-bond donors (Lipinski definition) is 2. The minimum absolute atomic E-state index is 0.00171. The van der Waals surface area contributed by atoms with Gasteiger partial charge in [-0.25, -0.2) is 0 Å². The van der Waals surface area contributed by atoms with Gasteiger partial charge in [0.2, 0.25) is 5.91 Å². The van der Waals surface area contributed by atoms with E-state index in [-0.39, 0.29) is 11.9 Å². The second-order valence-corrected chi connectivity index (χ2v) is 4.71. The average molecular weight is 232 g/mol. The van der Waals surface area contributed by atoms with Gasteiger partial charge in [0.05, 0.1) is 6.61 Å². The Bertz CT molecular complexity index is 455. The Morgan fingerprint density at radius 1 is 1.47 bits per heavy atom. The van der Waals surface area contributed by atoms with Crippen LogP contribution in [0.15, 0.2) is 18.2 Å². The monoisotopic (exact) mass is 232 g/mol. The Labute approximate surface area is 100 Å². The highest BCUT2D eigenvalue weighted by Crippen LogP contribution is 2.34. The van der Waals surface area contributed by atoms with Gasteiger partial charge in [0.25, 0.3) is 0 Å². The molecule has 0 aromatic heterocycles. The molecular weight excluding hydrogens is 216 g/mol. The van der Waals surface area contributed by atoms with Crippen LogP contribution in [0, 0.1) is 5.92 Å². The van der Waals surface area contributed by atoms with Crippen molar-refractivity contribution in [3.05, 3.63) is 23.8 Å². The highest BCUT2D eigenvalue weighted by molar-refractivity contribution is 6.02. The molecule has 17 heavy (non-hydrogen) atoms. The summed E-state index contributed by atoms with van der Waals surface area (Å²) in [6, 6.07) is 5.57. The number of carbonyl (C=O) groups excluding carboxylic acids is 1. The average Bonchev–Trinajstić information content (AvgIpc) is 3.08. The van der Waals surface area contributed by atoms with Crippen LogP contribution in [0.25, 0.3) is 0 Å². The van der Waals surface area contributed by atoms with Crippen LogP contribution in [-0.2, 0) is 4.79 Å². The van der Waals surface area contributed by atoms with Gasteiger partial charge in [-0.3, -0.25) is 4.79 Å². The fraction of sp³-hybridized carbons (Fsp3) is 0.462. The number of fused-ring (bicyclic) bond motifs is 1. The second-order valence-electron chi connectivity index (χ2n) is 4.71. The van der Waals surface area contributed by atoms with Crippen LogP contribution in [0.5, 0.6) is 5.75 Å². The lowest BCUT2D eigenvalue weighted by Gasteiger charge is -2.08. The molecule has 90 valence electrons. The van der Waals surface area contributed by atoms with Gasteiger partial charge in [-0.15, -0.1) is 0 Å². The molecule has 1 unspecified atom stereocenters. The first-order chi connectivity index (χ1) is 8.28. The lowest BCUT2D eigenvalue weighted by Crippen LogP contribution is -2.23. The van der Waals surface area contributed by atoms with Gasteiger partial charge in [0, 0.05) is 17.3 Å². The Balaban J connectivity index is 1.77. The molecule has 3 rings (SSSR count). The Kier molecular flexibility index (Phi) is 2.52. The first-order valence-corrected chi connectivity index (χ1v) is 6.03. The summed E-state index contributed by atoms with van der Waals surface area (Å²) in [7, 11) is 1.79. The molecule has 1 atom stereocenters.